The zero-order chi connectivity index (χ0) is 19.6. The molecule has 6 nitrogen and oxygen atoms in total. The number of hydrogen-bond acceptors (Lipinski definition) is 4. The van der Waals surface area contributed by atoms with Crippen LogP contribution in [0.1, 0.15) is 16.1 Å². The van der Waals surface area contributed by atoms with Gasteiger partial charge in [-0.15, -0.1) is 0 Å². The number of ether oxygens (including phenoxy) is 3. The quantitative estimate of drug-likeness (QED) is 0.690. The molecule has 1 N–H and O–H groups in total. The molecule has 0 aliphatic heterocycles. The van der Waals surface area contributed by atoms with Crippen LogP contribution in [0.3, 0.4) is 0 Å². The second kappa shape index (κ2) is 7.80. The Balaban J connectivity index is 1.97. The number of H-pyrrole nitrogens is 1. The Bertz CT molecular complexity index is 984. The summed E-state index contributed by atoms with van der Waals surface area (Å²) in [4.78, 5) is 17.7. The van der Waals surface area contributed by atoms with Gasteiger partial charge < -0.3 is 24.1 Å². The van der Waals surface area contributed by atoms with Crippen molar-refractivity contribution in [2.75, 3.05) is 28.4 Å². The molecule has 2 aromatic carbocycles. The Morgan fingerprint density at radius 2 is 1.81 bits per heavy atom. The molecule has 0 spiro atoms. The summed E-state index contributed by atoms with van der Waals surface area (Å²) in [5, 5.41) is 1.38. The monoisotopic (exact) mass is 388 g/mol. The summed E-state index contributed by atoms with van der Waals surface area (Å²) >= 11 is 6.02. The van der Waals surface area contributed by atoms with E-state index in [1.165, 1.54) is 0 Å². The first-order valence-corrected chi connectivity index (χ1v) is 8.67. The number of nitrogens with one attached hydrogen (secondary N) is 1. The first kappa shape index (κ1) is 18.9. The molecule has 27 heavy (non-hydrogen) atoms. The molecular formula is C20H21ClN2O4. The van der Waals surface area contributed by atoms with E-state index in [0.717, 1.165) is 10.9 Å². The Morgan fingerprint density at radius 1 is 1.07 bits per heavy atom. The summed E-state index contributed by atoms with van der Waals surface area (Å²) in [5.41, 5.74) is 2.03. The number of carbonyl (C=O) groups is 1. The number of aromatic amines is 1. The van der Waals surface area contributed by atoms with E-state index in [2.05, 4.69) is 4.98 Å². The number of benzene rings is 2. The molecule has 0 atom stereocenters. The Kier molecular flexibility index (Phi) is 5.46. The molecule has 0 fully saturated rings. The first-order chi connectivity index (χ1) is 13.0. The summed E-state index contributed by atoms with van der Waals surface area (Å²) in [5.74, 6) is 1.48. The third-order valence-corrected chi connectivity index (χ3v) is 4.56. The van der Waals surface area contributed by atoms with Gasteiger partial charge in [-0.05, 0) is 23.8 Å². The van der Waals surface area contributed by atoms with Crippen molar-refractivity contribution in [3.8, 4) is 17.2 Å². The van der Waals surface area contributed by atoms with Gasteiger partial charge in [-0.1, -0.05) is 23.7 Å². The minimum atomic E-state index is -0.158. The molecular weight excluding hydrogens is 368 g/mol. The zero-order valence-electron chi connectivity index (χ0n) is 15.6. The van der Waals surface area contributed by atoms with E-state index < -0.39 is 0 Å². The highest BCUT2D eigenvalue weighted by Gasteiger charge is 2.21. The lowest BCUT2D eigenvalue weighted by atomic mass is 10.2. The number of aromatic nitrogens is 1. The molecule has 0 saturated carbocycles. The number of halogens is 1. The number of carbonyl (C=O) groups excluding carboxylic acids is 1. The van der Waals surface area contributed by atoms with Crippen LogP contribution in [0.5, 0.6) is 17.2 Å². The van der Waals surface area contributed by atoms with Gasteiger partial charge in [-0.2, -0.15) is 0 Å². The van der Waals surface area contributed by atoms with Gasteiger partial charge in [-0.25, -0.2) is 0 Å². The molecule has 0 unspecified atom stereocenters. The molecule has 142 valence electrons. The average Bonchev–Trinajstić information content (AvgIpc) is 3.11. The van der Waals surface area contributed by atoms with Crippen LogP contribution >= 0.6 is 11.6 Å². The maximum atomic E-state index is 12.9. The van der Waals surface area contributed by atoms with Crippen molar-refractivity contribution in [2.45, 2.75) is 6.54 Å². The van der Waals surface area contributed by atoms with Gasteiger partial charge in [0.15, 0.2) is 11.5 Å². The number of hydrogen-bond donors (Lipinski definition) is 1. The van der Waals surface area contributed by atoms with Crippen molar-refractivity contribution in [1.82, 2.24) is 9.88 Å². The maximum Gasteiger partial charge on any atom is 0.270 e. The normalized spacial score (nSPS) is 10.7. The van der Waals surface area contributed by atoms with Gasteiger partial charge in [0, 0.05) is 30.1 Å². The predicted molar refractivity (Wildman–Crippen MR) is 105 cm³/mol. The van der Waals surface area contributed by atoms with Crippen molar-refractivity contribution in [3.63, 3.8) is 0 Å². The van der Waals surface area contributed by atoms with Crippen molar-refractivity contribution in [3.05, 3.63) is 52.7 Å². The summed E-state index contributed by atoms with van der Waals surface area (Å²) in [6.45, 7) is 0.437. The van der Waals surface area contributed by atoms with E-state index in [1.54, 1.807) is 51.5 Å². The topological polar surface area (TPSA) is 63.8 Å². The summed E-state index contributed by atoms with van der Waals surface area (Å²) < 4.78 is 16.3. The SMILES string of the molecule is COc1cc(OC)c2cc(C(=O)N(C)Cc3cccc(Cl)c3)[nH]c2c1OC. The highest BCUT2D eigenvalue weighted by molar-refractivity contribution is 6.30. The number of fused-ring (bicyclic) bond motifs is 1. The van der Waals surface area contributed by atoms with Crippen LogP contribution in [0, 0.1) is 0 Å². The van der Waals surface area contributed by atoms with E-state index in [-0.39, 0.29) is 5.91 Å². The molecule has 0 aliphatic rings. The van der Waals surface area contributed by atoms with Crippen LogP contribution in [-0.2, 0) is 6.54 Å². The van der Waals surface area contributed by atoms with Gasteiger partial charge in [0.05, 0.1) is 26.8 Å². The second-order valence-electron chi connectivity index (χ2n) is 6.08. The molecule has 1 aromatic heterocycles. The zero-order valence-corrected chi connectivity index (χ0v) is 16.4. The largest absolute Gasteiger partial charge is 0.496 e. The second-order valence-corrected chi connectivity index (χ2v) is 6.51. The fourth-order valence-electron chi connectivity index (χ4n) is 3.04. The molecule has 3 rings (SSSR count). The Morgan fingerprint density at radius 3 is 2.44 bits per heavy atom. The smallest absolute Gasteiger partial charge is 0.270 e. The average molecular weight is 389 g/mol. The molecule has 0 radical (unpaired) electrons. The lowest BCUT2D eigenvalue weighted by Crippen LogP contribution is -2.26. The predicted octanol–water partition coefficient (Wildman–Crippen LogP) is 4.12. The summed E-state index contributed by atoms with van der Waals surface area (Å²) in [6.07, 6.45) is 0. The third kappa shape index (κ3) is 3.66. The molecule has 7 heteroatoms. The fraction of sp³-hybridized carbons (Fsp3) is 0.250. The van der Waals surface area contributed by atoms with E-state index in [9.17, 15) is 4.79 Å². The molecule has 0 saturated heterocycles. The standard InChI is InChI=1S/C20H21ClN2O4/c1-23(11-12-6-5-7-13(21)8-12)20(24)15-9-14-16(25-2)10-17(26-3)19(27-4)18(14)22-15/h5-10,22H,11H2,1-4H3. The van der Waals surface area contributed by atoms with Gasteiger partial charge in [0.2, 0.25) is 0 Å². The van der Waals surface area contributed by atoms with Crippen LogP contribution in [0.15, 0.2) is 36.4 Å². The van der Waals surface area contributed by atoms with Gasteiger partial charge in [0.25, 0.3) is 5.91 Å². The number of methoxy groups -OCH3 is 3. The molecule has 0 bridgehead atoms. The van der Waals surface area contributed by atoms with Crippen LogP contribution in [0.25, 0.3) is 10.9 Å². The van der Waals surface area contributed by atoms with Crippen molar-refractivity contribution >= 4 is 28.4 Å². The van der Waals surface area contributed by atoms with E-state index in [1.807, 2.05) is 18.2 Å². The lowest BCUT2D eigenvalue weighted by Gasteiger charge is -2.16. The van der Waals surface area contributed by atoms with Crippen molar-refractivity contribution < 1.29 is 19.0 Å². The van der Waals surface area contributed by atoms with Crippen molar-refractivity contribution in [2.24, 2.45) is 0 Å². The number of nitrogens with zero attached hydrogens (tertiary/aromatic N) is 1. The summed E-state index contributed by atoms with van der Waals surface area (Å²) in [7, 11) is 6.42. The van der Waals surface area contributed by atoms with Crippen molar-refractivity contribution in [1.29, 1.82) is 0 Å². The van der Waals surface area contributed by atoms with Gasteiger partial charge in [-0.3, -0.25) is 4.79 Å². The molecule has 1 heterocycles. The number of amides is 1. The van der Waals surface area contributed by atoms with E-state index >= 15 is 0 Å². The minimum Gasteiger partial charge on any atom is -0.496 e. The highest BCUT2D eigenvalue weighted by Crippen LogP contribution is 2.41. The fourth-order valence-corrected chi connectivity index (χ4v) is 3.25. The summed E-state index contributed by atoms with van der Waals surface area (Å²) in [6, 6.07) is 10.9. The van der Waals surface area contributed by atoms with Crippen LogP contribution < -0.4 is 14.2 Å². The molecule has 3 aromatic rings. The maximum absolute atomic E-state index is 12.9. The van der Waals surface area contributed by atoms with E-state index in [4.69, 9.17) is 25.8 Å². The van der Waals surface area contributed by atoms with Gasteiger partial charge >= 0.3 is 0 Å². The van der Waals surface area contributed by atoms with Crippen LogP contribution in [0.2, 0.25) is 5.02 Å². The number of rotatable bonds is 6. The van der Waals surface area contributed by atoms with E-state index in [0.29, 0.717) is 40.0 Å². The molecule has 0 aliphatic carbocycles. The first-order valence-electron chi connectivity index (χ1n) is 8.30. The lowest BCUT2D eigenvalue weighted by molar-refractivity contribution is 0.0780. The van der Waals surface area contributed by atoms with Gasteiger partial charge in [0.1, 0.15) is 11.4 Å². The highest BCUT2D eigenvalue weighted by atomic mass is 35.5. The Hall–Kier alpha value is -2.86. The van der Waals surface area contributed by atoms with Crippen LogP contribution in [0.4, 0.5) is 0 Å². The van der Waals surface area contributed by atoms with Crippen LogP contribution in [-0.4, -0.2) is 44.2 Å². The Labute approximate surface area is 162 Å². The third-order valence-electron chi connectivity index (χ3n) is 4.33. The minimum absolute atomic E-state index is 0.158. The molecule has 1 amide bonds.